The minimum atomic E-state index is -1.06. The highest BCUT2D eigenvalue weighted by Crippen LogP contribution is 2.06. The molecular weight excluding hydrogens is 232 g/mol. The van der Waals surface area contributed by atoms with Gasteiger partial charge in [-0.2, -0.15) is 0 Å². The summed E-state index contributed by atoms with van der Waals surface area (Å²) in [6, 6.07) is 0. The number of ether oxygens (including phenoxy) is 3. The van der Waals surface area contributed by atoms with Crippen molar-refractivity contribution in [2.75, 3.05) is 13.2 Å². The van der Waals surface area contributed by atoms with E-state index in [2.05, 4.69) is 4.74 Å². The molecule has 2 unspecified atom stereocenters. The van der Waals surface area contributed by atoms with Crippen molar-refractivity contribution in [3.05, 3.63) is 0 Å². The maximum absolute atomic E-state index is 10.8. The average Bonchev–Trinajstić information content (AvgIpc) is 2.20. The summed E-state index contributed by atoms with van der Waals surface area (Å²) in [5.74, 6) is -1.83. The molecule has 7 heteroatoms. The lowest BCUT2D eigenvalue weighted by molar-refractivity contribution is -0.175. The van der Waals surface area contributed by atoms with Gasteiger partial charge in [-0.15, -0.1) is 0 Å². The van der Waals surface area contributed by atoms with Crippen LogP contribution in [0.2, 0.25) is 0 Å². The van der Waals surface area contributed by atoms with E-state index >= 15 is 0 Å². The molecule has 0 aliphatic heterocycles. The third-order valence-corrected chi connectivity index (χ3v) is 1.68. The number of rotatable bonds is 6. The van der Waals surface area contributed by atoms with Crippen LogP contribution in [0.25, 0.3) is 0 Å². The lowest BCUT2D eigenvalue weighted by Crippen LogP contribution is -2.40. The van der Waals surface area contributed by atoms with Crippen molar-refractivity contribution in [2.45, 2.75) is 33.0 Å². The topological polar surface area (TPSA) is 99.1 Å². The molecule has 98 valence electrons. The molecule has 1 N–H and O–H groups in total. The molecule has 2 atom stereocenters. The highest BCUT2D eigenvalue weighted by molar-refractivity contribution is 5.68. The largest absolute Gasteiger partial charge is 0.462 e. The summed E-state index contributed by atoms with van der Waals surface area (Å²) in [4.78, 5) is 32.2. The fraction of sp³-hybridized carbons (Fsp3) is 0.700. The van der Waals surface area contributed by atoms with Crippen LogP contribution in [0.3, 0.4) is 0 Å². The van der Waals surface area contributed by atoms with Crippen molar-refractivity contribution in [1.82, 2.24) is 0 Å². The summed E-state index contributed by atoms with van der Waals surface area (Å²) in [5, 5.41) is 9.01. The predicted molar refractivity (Wildman–Crippen MR) is 54.8 cm³/mol. The van der Waals surface area contributed by atoms with E-state index in [0.717, 1.165) is 13.8 Å². The molecule has 0 saturated heterocycles. The van der Waals surface area contributed by atoms with Gasteiger partial charge in [0, 0.05) is 20.8 Å². The molecule has 0 saturated carbocycles. The summed E-state index contributed by atoms with van der Waals surface area (Å²) in [5.41, 5.74) is 0. The Morgan fingerprint density at radius 1 is 0.941 bits per heavy atom. The number of aliphatic hydroxyl groups excluding tert-OH is 1. The van der Waals surface area contributed by atoms with Crippen molar-refractivity contribution in [2.24, 2.45) is 0 Å². The molecule has 0 aromatic carbocycles. The maximum Gasteiger partial charge on any atom is 0.303 e. The minimum Gasteiger partial charge on any atom is -0.462 e. The maximum atomic E-state index is 10.8. The van der Waals surface area contributed by atoms with Gasteiger partial charge in [0.15, 0.2) is 12.2 Å². The molecule has 17 heavy (non-hydrogen) atoms. The average molecular weight is 248 g/mol. The number of aliphatic hydroxyl groups is 1. The Hall–Kier alpha value is -1.63. The standard InChI is InChI=1S/C10H16O7/c1-6(12)15-5-10(17-8(3)14)9(4-11)16-7(2)13/h9-11H,4-5H2,1-3H3. The van der Waals surface area contributed by atoms with E-state index < -0.39 is 36.7 Å². The Balaban J connectivity index is 4.54. The molecule has 0 bridgehead atoms. The molecule has 0 aromatic heterocycles. The van der Waals surface area contributed by atoms with Gasteiger partial charge in [-0.1, -0.05) is 0 Å². The SMILES string of the molecule is CC(=O)OCC(OC(C)=O)C(CO)OC(C)=O. The number of carbonyl (C=O) groups excluding carboxylic acids is 3. The first kappa shape index (κ1) is 15.4. The van der Waals surface area contributed by atoms with Crippen LogP contribution in [0.15, 0.2) is 0 Å². The zero-order valence-electron chi connectivity index (χ0n) is 9.97. The fourth-order valence-corrected chi connectivity index (χ4v) is 1.07. The van der Waals surface area contributed by atoms with E-state index in [0.29, 0.717) is 0 Å². The number of hydrogen-bond donors (Lipinski definition) is 1. The molecule has 0 rings (SSSR count). The zero-order valence-corrected chi connectivity index (χ0v) is 9.97. The first-order valence-electron chi connectivity index (χ1n) is 4.95. The second-order valence-electron chi connectivity index (χ2n) is 3.28. The van der Waals surface area contributed by atoms with Gasteiger partial charge in [0.05, 0.1) is 6.61 Å². The van der Waals surface area contributed by atoms with Gasteiger partial charge in [0.25, 0.3) is 0 Å². The second kappa shape index (κ2) is 7.61. The van der Waals surface area contributed by atoms with E-state index in [4.69, 9.17) is 14.6 Å². The van der Waals surface area contributed by atoms with Crippen LogP contribution in [0.1, 0.15) is 20.8 Å². The summed E-state index contributed by atoms with van der Waals surface area (Å²) in [6.45, 7) is 2.67. The van der Waals surface area contributed by atoms with E-state index in [1.54, 1.807) is 0 Å². The van der Waals surface area contributed by atoms with E-state index in [1.165, 1.54) is 6.92 Å². The van der Waals surface area contributed by atoms with Crippen LogP contribution in [0.5, 0.6) is 0 Å². The lowest BCUT2D eigenvalue weighted by atomic mass is 10.2. The quantitative estimate of drug-likeness (QED) is 0.495. The van der Waals surface area contributed by atoms with Gasteiger partial charge in [-0.25, -0.2) is 0 Å². The Kier molecular flexibility index (Phi) is 6.88. The van der Waals surface area contributed by atoms with E-state index in [-0.39, 0.29) is 6.61 Å². The second-order valence-corrected chi connectivity index (χ2v) is 3.28. The number of carbonyl (C=O) groups is 3. The van der Waals surface area contributed by atoms with Crippen LogP contribution < -0.4 is 0 Å². The zero-order chi connectivity index (χ0) is 13.4. The Morgan fingerprint density at radius 2 is 1.41 bits per heavy atom. The molecule has 7 nitrogen and oxygen atoms in total. The van der Waals surface area contributed by atoms with Crippen LogP contribution in [-0.2, 0) is 28.6 Å². The van der Waals surface area contributed by atoms with Crippen LogP contribution in [0.4, 0.5) is 0 Å². The van der Waals surface area contributed by atoms with Gasteiger partial charge >= 0.3 is 17.9 Å². The van der Waals surface area contributed by atoms with Gasteiger partial charge in [0.1, 0.15) is 6.61 Å². The van der Waals surface area contributed by atoms with Crippen molar-refractivity contribution >= 4 is 17.9 Å². The Labute approximate surface area is 98.6 Å². The van der Waals surface area contributed by atoms with Gasteiger partial charge in [0.2, 0.25) is 0 Å². The normalized spacial score (nSPS) is 13.4. The monoisotopic (exact) mass is 248 g/mol. The first-order chi connectivity index (χ1) is 7.86. The van der Waals surface area contributed by atoms with Crippen molar-refractivity contribution in [3.8, 4) is 0 Å². The first-order valence-corrected chi connectivity index (χ1v) is 4.95. The summed E-state index contributed by atoms with van der Waals surface area (Å²) in [6.07, 6.45) is -2.08. The predicted octanol–water partition coefficient (Wildman–Crippen LogP) is -0.595. The molecule has 0 aromatic rings. The fourth-order valence-electron chi connectivity index (χ4n) is 1.07. The molecule has 0 fully saturated rings. The number of hydrogen-bond acceptors (Lipinski definition) is 7. The summed E-state index contributed by atoms with van der Waals surface area (Å²) < 4.78 is 14.2. The molecule has 0 radical (unpaired) electrons. The van der Waals surface area contributed by atoms with Crippen molar-refractivity contribution in [1.29, 1.82) is 0 Å². The molecule has 0 aliphatic carbocycles. The van der Waals surface area contributed by atoms with Gasteiger partial charge in [-0.3, -0.25) is 14.4 Å². The molecule has 0 aliphatic rings. The number of esters is 3. The lowest BCUT2D eigenvalue weighted by Gasteiger charge is -2.24. The smallest absolute Gasteiger partial charge is 0.303 e. The van der Waals surface area contributed by atoms with Crippen LogP contribution >= 0.6 is 0 Å². The van der Waals surface area contributed by atoms with Crippen molar-refractivity contribution < 1.29 is 33.7 Å². The molecule has 0 spiro atoms. The summed E-state index contributed by atoms with van der Waals surface area (Å²) >= 11 is 0. The highest BCUT2D eigenvalue weighted by Gasteiger charge is 2.27. The third-order valence-electron chi connectivity index (χ3n) is 1.68. The van der Waals surface area contributed by atoms with E-state index in [1.807, 2.05) is 0 Å². The summed E-state index contributed by atoms with van der Waals surface area (Å²) in [7, 11) is 0. The Bertz CT molecular complexity index is 286. The van der Waals surface area contributed by atoms with E-state index in [9.17, 15) is 14.4 Å². The molecule has 0 amide bonds. The highest BCUT2D eigenvalue weighted by atomic mass is 16.6. The third kappa shape index (κ3) is 7.29. The molecular formula is C10H16O7. The van der Waals surface area contributed by atoms with Gasteiger partial charge < -0.3 is 19.3 Å². The Morgan fingerprint density at radius 3 is 1.76 bits per heavy atom. The molecule has 0 heterocycles. The van der Waals surface area contributed by atoms with Crippen LogP contribution in [-0.4, -0.2) is 48.4 Å². The van der Waals surface area contributed by atoms with Gasteiger partial charge in [-0.05, 0) is 0 Å². The minimum absolute atomic E-state index is 0.284. The van der Waals surface area contributed by atoms with Crippen LogP contribution in [0, 0.1) is 0 Å². The van der Waals surface area contributed by atoms with Crippen molar-refractivity contribution in [3.63, 3.8) is 0 Å².